The molecule has 1 aromatic carbocycles. The average molecular weight is 284 g/mol. The summed E-state index contributed by atoms with van der Waals surface area (Å²) < 4.78 is 10.7. The maximum absolute atomic E-state index is 6.42. The van der Waals surface area contributed by atoms with Gasteiger partial charge in [0.2, 0.25) is 0 Å². The Morgan fingerprint density at radius 2 is 1.89 bits per heavy atom. The van der Waals surface area contributed by atoms with Gasteiger partial charge in [-0.25, -0.2) is 0 Å². The van der Waals surface area contributed by atoms with E-state index in [1.54, 1.807) is 14.2 Å². The number of ether oxygens (including phenoxy) is 2. The van der Waals surface area contributed by atoms with Crippen LogP contribution < -0.4 is 14.8 Å². The highest BCUT2D eigenvalue weighted by Gasteiger charge is 2.30. The zero-order chi connectivity index (χ0) is 13.8. The highest BCUT2D eigenvalue weighted by molar-refractivity contribution is 6.31. The minimum atomic E-state index is 0.311. The minimum absolute atomic E-state index is 0.311. The second kappa shape index (κ2) is 6.49. The fraction of sp³-hybridized carbons (Fsp3) is 0.600. The first-order valence-corrected chi connectivity index (χ1v) is 7.23. The van der Waals surface area contributed by atoms with Gasteiger partial charge in [0.25, 0.3) is 0 Å². The normalized spacial score (nSPS) is 16.8. The van der Waals surface area contributed by atoms with Crippen LogP contribution in [0.4, 0.5) is 0 Å². The van der Waals surface area contributed by atoms with E-state index in [0.717, 1.165) is 22.9 Å². The molecule has 0 amide bonds. The third-order valence-corrected chi connectivity index (χ3v) is 4.21. The summed E-state index contributed by atoms with van der Waals surface area (Å²) in [5.41, 5.74) is 1.12. The molecule has 1 atom stereocenters. The van der Waals surface area contributed by atoms with Gasteiger partial charge in [-0.3, -0.25) is 0 Å². The Labute approximate surface area is 120 Å². The number of hydrogen-bond acceptors (Lipinski definition) is 3. The summed E-state index contributed by atoms with van der Waals surface area (Å²) in [5, 5.41) is 4.30. The van der Waals surface area contributed by atoms with Crippen molar-refractivity contribution in [1.29, 1.82) is 0 Å². The molecule has 0 spiro atoms. The Kier molecular flexibility index (Phi) is 4.94. The lowest BCUT2D eigenvalue weighted by Crippen LogP contribution is -2.32. The molecule has 0 bridgehead atoms. The molecule has 1 fully saturated rings. The second-order valence-electron chi connectivity index (χ2n) is 4.96. The molecule has 0 saturated heterocycles. The van der Waals surface area contributed by atoms with Crippen molar-refractivity contribution in [3.05, 3.63) is 22.7 Å². The van der Waals surface area contributed by atoms with Crippen molar-refractivity contribution < 1.29 is 9.47 Å². The quantitative estimate of drug-likeness (QED) is 0.861. The van der Waals surface area contributed by atoms with Crippen LogP contribution in [0.1, 0.15) is 37.8 Å². The molecular formula is C15H22ClNO2. The van der Waals surface area contributed by atoms with Crippen molar-refractivity contribution in [2.24, 2.45) is 5.92 Å². The van der Waals surface area contributed by atoms with E-state index in [4.69, 9.17) is 21.1 Å². The molecule has 0 radical (unpaired) electrons. The molecule has 106 valence electrons. The largest absolute Gasteiger partial charge is 0.493 e. The highest BCUT2D eigenvalue weighted by Crippen LogP contribution is 2.43. The smallest absolute Gasteiger partial charge is 0.162 e. The molecule has 1 aliphatic carbocycles. The van der Waals surface area contributed by atoms with E-state index in [2.05, 4.69) is 12.2 Å². The predicted molar refractivity (Wildman–Crippen MR) is 78.3 cm³/mol. The first kappa shape index (κ1) is 14.5. The summed E-state index contributed by atoms with van der Waals surface area (Å²) in [7, 11) is 3.28. The Hall–Kier alpha value is -0.930. The zero-order valence-corrected chi connectivity index (χ0v) is 12.6. The standard InChI is InChI=1S/C15H22ClNO2/c1-4-17-15(10-6-5-7-10)11-8-13(18-2)14(19-3)9-12(11)16/h8-10,15,17H,4-7H2,1-3H3. The second-order valence-corrected chi connectivity index (χ2v) is 5.36. The van der Waals surface area contributed by atoms with Gasteiger partial charge in [-0.05, 0) is 36.9 Å². The SMILES string of the molecule is CCNC(c1cc(OC)c(OC)cc1Cl)C1CCC1. The van der Waals surface area contributed by atoms with Crippen molar-refractivity contribution in [2.75, 3.05) is 20.8 Å². The van der Waals surface area contributed by atoms with Crippen LogP contribution in [0.25, 0.3) is 0 Å². The number of hydrogen-bond donors (Lipinski definition) is 1. The molecule has 1 saturated carbocycles. The van der Waals surface area contributed by atoms with Gasteiger partial charge >= 0.3 is 0 Å². The van der Waals surface area contributed by atoms with Gasteiger partial charge in [-0.2, -0.15) is 0 Å². The van der Waals surface area contributed by atoms with Crippen LogP contribution >= 0.6 is 11.6 Å². The first-order valence-electron chi connectivity index (χ1n) is 6.86. The van der Waals surface area contributed by atoms with Crippen molar-refractivity contribution in [2.45, 2.75) is 32.2 Å². The van der Waals surface area contributed by atoms with Crippen molar-refractivity contribution >= 4 is 11.6 Å². The minimum Gasteiger partial charge on any atom is -0.493 e. The Bertz CT molecular complexity index is 432. The maximum atomic E-state index is 6.42. The Balaban J connectivity index is 2.35. The molecule has 0 heterocycles. The predicted octanol–water partition coefficient (Wildman–Crippen LogP) is 3.81. The lowest BCUT2D eigenvalue weighted by Gasteiger charge is -2.35. The maximum Gasteiger partial charge on any atom is 0.162 e. The van der Waals surface area contributed by atoms with E-state index in [-0.39, 0.29) is 0 Å². The lowest BCUT2D eigenvalue weighted by molar-refractivity contribution is 0.232. The van der Waals surface area contributed by atoms with Gasteiger partial charge in [0, 0.05) is 17.1 Å². The van der Waals surface area contributed by atoms with Crippen LogP contribution in [0, 0.1) is 5.92 Å². The molecule has 0 aliphatic heterocycles. The van der Waals surface area contributed by atoms with Gasteiger partial charge in [0.1, 0.15) is 0 Å². The summed E-state index contributed by atoms with van der Waals surface area (Å²) in [4.78, 5) is 0. The van der Waals surface area contributed by atoms with E-state index in [1.807, 2.05) is 12.1 Å². The number of rotatable bonds is 6. The third-order valence-electron chi connectivity index (χ3n) is 3.88. The van der Waals surface area contributed by atoms with Gasteiger partial charge in [-0.1, -0.05) is 24.9 Å². The van der Waals surface area contributed by atoms with Gasteiger partial charge < -0.3 is 14.8 Å². The fourth-order valence-electron chi connectivity index (χ4n) is 2.63. The Morgan fingerprint density at radius 3 is 2.37 bits per heavy atom. The molecule has 1 aliphatic rings. The number of nitrogens with one attached hydrogen (secondary N) is 1. The lowest BCUT2D eigenvalue weighted by atomic mass is 9.77. The van der Waals surface area contributed by atoms with Gasteiger partial charge in [-0.15, -0.1) is 0 Å². The molecule has 19 heavy (non-hydrogen) atoms. The van der Waals surface area contributed by atoms with Crippen LogP contribution in [0.3, 0.4) is 0 Å². The van der Waals surface area contributed by atoms with Gasteiger partial charge in [0.05, 0.1) is 14.2 Å². The van der Waals surface area contributed by atoms with Crippen molar-refractivity contribution in [1.82, 2.24) is 5.32 Å². The van der Waals surface area contributed by atoms with E-state index >= 15 is 0 Å². The Morgan fingerprint density at radius 1 is 1.26 bits per heavy atom. The zero-order valence-electron chi connectivity index (χ0n) is 11.8. The number of halogens is 1. The first-order chi connectivity index (χ1) is 9.21. The van der Waals surface area contributed by atoms with E-state index in [1.165, 1.54) is 19.3 Å². The molecule has 3 nitrogen and oxygen atoms in total. The molecule has 0 aromatic heterocycles. The van der Waals surface area contributed by atoms with Crippen LogP contribution in [0.15, 0.2) is 12.1 Å². The molecular weight excluding hydrogens is 262 g/mol. The van der Waals surface area contributed by atoms with Crippen LogP contribution in [0.5, 0.6) is 11.5 Å². The highest BCUT2D eigenvalue weighted by atomic mass is 35.5. The molecule has 4 heteroatoms. The summed E-state index contributed by atoms with van der Waals surface area (Å²) in [6, 6.07) is 4.16. The average Bonchev–Trinajstić information content (AvgIpc) is 2.36. The summed E-state index contributed by atoms with van der Waals surface area (Å²) in [6.07, 6.45) is 3.85. The molecule has 1 unspecified atom stereocenters. The molecule has 1 aromatic rings. The number of benzene rings is 1. The van der Waals surface area contributed by atoms with Crippen molar-refractivity contribution in [3.63, 3.8) is 0 Å². The summed E-state index contributed by atoms with van der Waals surface area (Å²) >= 11 is 6.42. The summed E-state index contributed by atoms with van der Waals surface area (Å²) in [5.74, 6) is 2.10. The summed E-state index contributed by atoms with van der Waals surface area (Å²) in [6.45, 7) is 3.06. The third kappa shape index (κ3) is 2.98. The van der Waals surface area contributed by atoms with Crippen LogP contribution in [-0.2, 0) is 0 Å². The van der Waals surface area contributed by atoms with Gasteiger partial charge in [0.15, 0.2) is 11.5 Å². The fourth-order valence-corrected chi connectivity index (χ4v) is 2.90. The van der Waals surface area contributed by atoms with Crippen molar-refractivity contribution in [3.8, 4) is 11.5 Å². The topological polar surface area (TPSA) is 30.5 Å². The van der Waals surface area contributed by atoms with E-state index < -0.39 is 0 Å². The van der Waals surface area contributed by atoms with E-state index in [9.17, 15) is 0 Å². The van der Waals surface area contributed by atoms with Crippen LogP contribution in [0.2, 0.25) is 5.02 Å². The molecule has 2 rings (SSSR count). The number of methoxy groups -OCH3 is 2. The van der Waals surface area contributed by atoms with E-state index in [0.29, 0.717) is 17.7 Å². The van der Waals surface area contributed by atoms with Crippen LogP contribution in [-0.4, -0.2) is 20.8 Å². The monoisotopic (exact) mass is 283 g/mol. The molecule has 1 N–H and O–H groups in total.